The summed E-state index contributed by atoms with van der Waals surface area (Å²) >= 11 is 0. The Morgan fingerprint density at radius 1 is 1.40 bits per heavy atom. The van der Waals surface area contributed by atoms with Gasteiger partial charge in [0.05, 0.1) is 0 Å². The second-order valence-corrected chi connectivity index (χ2v) is 0.574. The van der Waals surface area contributed by atoms with Crippen molar-refractivity contribution in [3.63, 3.8) is 0 Å². The van der Waals surface area contributed by atoms with Crippen molar-refractivity contribution in [2.24, 2.45) is 0 Å². The van der Waals surface area contributed by atoms with Gasteiger partial charge in [0.2, 0.25) is 6.29 Å². The van der Waals surface area contributed by atoms with Gasteiger partial charge in [0.1, 0.15) is 6.61 Å². The summed E-state index contributed by atoms with van der Waals surface area (Å²) in [6, 6.07) is 0. The van der Waals surface area contributed by atoms with E-state index in [-0.39, 0.29) is 0 Å². The molecule has 0 rings (SSSR count). The van der Waals surface area contributed by atoms with Crippen molar-refractivity contribution in [1.82, 2.24) is 0 Å². The van der Waals surface area contributed by atoms with Crippen LogP contribution in [0, 0.1) is 6.29 Å². The second-order valence-electron chi connectivity index (χ2n) is 0.574. The van der Waals surface area contributed by atoms with Crippen LogP contribution in [0.4, 0.5) is 0 Å². The second kappa shape index (κ2) is 2.14. The summed E-state index contributed by atoms with van der Waals surface area (Å²) < 4.78 is 0. The van der Waals surface area contributed by atoms with Gasteiger partial charge in [-0.15, -0.1) is 0 Å². The molecule has 31 valence electrons. The maximum atomic E-state index is 7.61. The van der Waals surface area contributed by atoms with E-state index in [9.17, 15) is 0 Å². The van der Waals surface area contributed by atoms with Gasteiger partial charge < -0.3 is 15.3 Å². The molecule has 0 saturated carbocycles. The molecule has 3 heteroatoms. The smallest absolute Gasteiger partial charge is 0.244 e. The predicted octanol–water partition coefficient (Wildman–Crippen LogP) is -0.787. The lowest BCUT2D eigenvalue weighted by Gasteiger charge is -1.86. The van der Waals surface area contributed by atoms with E-state index in [1.54, 1.807) is 0 Å². The monoisotopic (exact) mass is 77.0 g/mol. The van der Waals surface area contributed by atoms with Crippen molar-refractivity contribution in [3.8, 4) is 0 Å². The molecule has 0 aromatic heterocycles. The molecule has 0 aliphatic carbocycles. The van der Waals surface area contributed by atoms with Crippen molar-refractivity contribution in [3.05, 3.63) is 6.29 Å². The third-order valence-corrected chi connectivity index (χ3v) is 0.141. The maximum absolute atomic E-state index is 7.61. The van der Waals surface area contributed by atoms with Gasteiger partial charge in [-0.3, -0.25) is 0 Å². The van der Waals surface area contributed by atoms with E-state index in [4.69, 9.17) is 15.3 Å². The summed E-state index contributed by atoms with van der Waals surface area (Å²) in [5.41, 5.74) is 0. The van der Waals surface area contributed by atoms with Crippen LogP contribution < -0.4 is 0 Å². The minimum Gasteiger partial charge on any atom is -0.391 e. The van der Waals surface area contributed by atoms with Gasteiger partial charge in [0, 0.05) is 0 Å². The van der Waals surface area contributed by atoms with E-state index in [1.165, 1.54) is 0 Å². The quantitative estimate of drug-likeness (QED) is 0.384. The number of hydrogen-bond acceptors (Lipinski definition) is 3. The topological polar surface area (TPSA) is 60.7 Å². The molecule has 0 unspecified atom stereocenters. The molecule has 0 aromatic carbocycles. The summed E-state index contributed by atoms with van der Waals surface area (Å²) in [7, 11) is 0. The summed E-state index contributed by atoms with van der Waals surface area (Å²) in [6.07, 6.45) is -0.940. The third-order valence-electron chi connectivity index (χ3n) is 0.141. The molecule has 1 radical (unpaired) electrons. The zero-order chi connectivity index (χ0) is 4.28. The molecule has 3 nitrogen and oxygen atoms in total. The van der Waals surface area contributed by atoms with E-state index >= 15 is 0 Å². The Balaban J connectivity index is 2.54. The van der Waals surface area contributed by atoms with Crippen molar-refractivity contribution in [2.45, 2.75) is 0 Å². The first kappa shape index (κ1) is 4.88. The highest BCUT2D eigenvalue weighted by Crippen LogP contribution is 1.75. The van der Waals surface area contributed by atoms with Crippen LogP contribution in [0.5, 0.6) is 0 Å². The Labute approximate surface area is 29.5 Å². The van der Waals surface area contributed by atoms with Crippen molar-refractivity contribution in [1.29, 1.82) is 0 Å². The molecule has 0 amide bonds. The molecular formula is C2H5O3. The first-order chi connectivity index (χ1) is 2.27. The Bertz CT molecular complexity index is 18.9. The van der Waals surface area contributed by atoms with E-state index in [0.717, 1.165) is 0 Å². The summed E-state index contributed by atoms with van der Waals surface area (Å²) in [6.45, 7) is -0.667. The van der Waals surface area contributed by atoms with E-state index < -0.39 is 12.9 Å². The molecule has 0 aromatic rings. The molecule has 0 aliphatic rings. The Kier molecular flexibility index (Phi) is 2.09. The summed E-state index contributed by atoms with van der Waals surface area (Å²) in [5, 5.41) is 22.8. The predicted molar refractivity (Wildman–Crippen MR) is 14.2 cm³/mol. The highest BCUT2D eigenvalue weighted by molar-refractivity contribution is 4.48. The maximum Gasteiger partial charge on any atom is 0.244 e. The van der Waals surface area contributed by atoms with Crippen LogP contribution in [0.15, 0.2) is 0 Å². The van der Waals surface area contributed by atoms with Crippen LogP contribution >= 0.6 is 0 Å². The van der Waals surface area contributed by atoms with Gasteiger partial charge in [0.25, 0.3) is 0 Å². The van der Waals surface area contributed by atoms with Gasteiger partial charge in [-0.05, 0) is 0 Å². The third kappa shape index (κ3) is 3.88. The molecule has 0 bridgehead atoms. The minimum absolute atomic E-state index is 0.667. The Morgan fingerprint density at radius 3 is 1.60 bits per heavy atom. The van der Waals surface area contributed by atoms with E-state index in [2.05, 4.69) is 0 Å². The van der Waals surface area contributed by atoms with E-state index in [0.29, 0.717) is 0 Å². The van der Waals surface area contributed by atoms with Crippen molar-refractivity contribution < 1.29 is 15.3 Å². The van der Waals surface area contributed by atoms with Gasteiger partial charge in [-0.1, -0.05) is 0 Å². The fourth-order valence-corrected chi connectivity index (χ4v) is 0. The summed E-state index contributed by atoms with van der Waals surface area (Å²) in [4.78, 5) is 0. The van der Waals surface area contributed by atoms with Crippen LogP contribution in [-0.2, 0) is 0 Å². The van der Waals surface area contributed by atoms with Crippen LogP contribution in [0.3, 0.4) is 0 Å². The number of aliphatic hydroxyl groups excluding tert-OH is 2. The molecule has 0 aliphatic heterocycles. The average Bonchev–Trinajstić information content (AvgIpc) is 1.38. The standard InChI is InChI=1S/C2H5O3/c3-1-2(4)5/h3-5H,1H2. The molecule has 5 heavy (non-hydrogen) atoms. The lowest BCUT2D eigenvalue weighted by atomic mass is 10.7. The van der Waals surface area contributed by atoms with Crippen LogP contribution in [0.25, 0.3) is 0 Å². The SMILES string of the molecule is OC[C](O)O. The number of hydrogen-bond donors (Lipinski definition) is 3. The molecule has 0 heterocycles. The lowest BCUT2D eigenvalue weighted by Crippen LogP contribution is -1.97. The van der Waals surface area contributed by atoms with Gasteiger partial charge >= 0.3 is 0 Å². The highest BCUT2D eigenvalue weighted by atomic mass is 16.5. The largest absolute Gasteiger partial charge is 0.391 e. The van der Waals surface area contributed by atoms with Gasteiger partial charge in [-0.25, -0.2) is 0 Å². The van der Waals surface area contributed by atoms with Gasteiger partial charge in [0.15, 0.2) is 0 Å². The molecule has 0 atom stereocenters. The normalized spacial score (nSPS) is 9.60. The van der Waals surface area contributed by atoms with E-state index in [1.807, 2.05) is 0 Å². The Morgan fingerprint density at radius 2 is 1.60 bits per heavy atom. The van der Waals surface area contributed by atoms with Crippen LogP contribution in [-0.4, -0.2) is 21.9 Å². The summed E-state index contributed by atoms with van der Waals surface area (Å²) in [5.74, 6) is 0. The minimum atomic E-state index is -0.940. The zero-order valence-electron chi connectivity index (χ0n) is 2.55. The number of rotatable bonds is 1. The average molecular weight is 77.1 g/mol. The fraction of sp³-hybridized carbons (Fsp3) is 0.500. The molecular weight excluding hydrogens is 72.0 g/mol. The Hall–Kier alpha value is -0.120. The van der Waals surface area contributed by atoms with Crippen molar-refractivity contribution >= 4 is 0 Å². The highest BCUT2D eigenvalue weighted by Gasteiger charge is 1.88. The molecule has 3 N–H and O–H groups in total. The molecule has 0 spiro atoms. The first-order valence-corrected chi connectivity index (χ1v) is 1.12. The first-order valence-electron chi connectivity index (χ1n) is 1.12. The number of aliphatic hydroxyl groups is 3. The molecule has 0 fully saturated rings. The van der Waals surface area contributed by atoms with Crippen LogP contribution in [0.2, 0.25) is 0 Å². The fourth-order valence-electron chi connectivity index (χ4n) is 0. The zero-order valence-corrected chi connectivity index (χ0v) is 2.55. The lowest BCUT2D eigenvalue weighted by molar-refractivity contribution is 0.0326. The molecule has 0 saturated heterocycles. The van der Waals surface area contributed by atoms with Crippen LogP contribution in [0.1, 0.15) is 0 Å². The van der Waals surface area contributed by atoms with Gasteiger partial charge in [-0.2, -0.15) is 0 Å². The van der Waals surface area contributed by atoms with Crippen molar-refractivity contribution in [2.75, 3.05) is 6.61 Å².